The van der Waals surface area contributed by atoms with Crippen molar-refractivity contribution in [2.24, 2.45) is 5.73 Å². The van der Waals surface area contributed by atoms with Crippen LogP contribution >= 0.6 is 0 Å². The Kier molecular flexibility index (Phi) is 7.96. The maximum absolute atomic E-state index is 13.4. The van der Waals surface area contributed by atoms with Gasteiger partial charge in [-0.3, -0.25) is 29.7 Å². The van der Waals surface area contributed by atoms with E-state index in [1.165, 1.54) is 11.1 Å². The van der Waals surface area contributed by atoms with E-state index in [0.29, 0.717) is 34.2 Å². The lowest BCUT2D eigenvalue weighted by Gasteiger charge is -2.22. The van der Waals surface area contributed by atoms with Crippen molar-refractivity contribution in [1.82, 2.24) is 9.97 Å². The zero-order valence-electron chi connectivity index (χ0n) is 21.3. The minimum Gasteiger partial charge on any atom is -0.465 e. The van der Waals surface area contributed by atoms with Crippen LogP contribution in [0.15, 0.2) is 67.0 Å². The van der Waals surface area contributed by atoms with Crippen LogP contribution in [-0.2, 0) is 16.0 Å². The second kappa shape index (κ2) is 11.5. The molecular weight excluding hydrogens is 482 g/mol. The third-order valence-corrected chi connectivity index (χ3v) is 6.21. The van der Waals surface area contributed by atoms with E-state index < -0.39 is 11.9 Å². The monoisotopic (exact) mass is 511 g/mol. The van der Waals surface area contributed by atoms with Gasteiger partial charge in [0, 0.05) is 52.2 Å². The van der Waals surface area contributed by atoms with Crippen LogP contribution in [0.3, 0.4) is 0 Å². The molecule has 4 N–H and O–H groups in total. The number of aryl methyl sites for hydroxylation is 2. The molecular formula is C29H29N5O4. The number of nitrogens with one attached hydrogen (secondary N) is 2. The Morgan fingerprint density at radius 3 is 2.50 bits per heavy atom. The summed E-state index contributed by atoms with van der Waals surface area (Å²) in [5.41, 5.74) is 9.94. The van der Waals surface area contributed by atoms with E-state index in [0.717, 1.165) is 16.8 Å². The first-order chi connectivity index (χ1) is 18.3. The van der Waals surface area contributed by atoms with Crippen LogP contribution in [-0.4, -0.2) is 46.6 Å². The van der Waals surface area contributed by atoms with Gasteiger partial charge in [0.1, 0.15) is 12.4 Å². The summed E-state index contributed by atoms with van der Waals surface area (Å²) in [6.45, 7) is 3.46. The predicted octanol–water partition coefficient (Wildman–Crippen LogP) is 4.18. The summed E-state index contributed by atoms with van der Waals surface area (Å²) < 4.78 is 5.10. The number of ketones is 1. The van der Waals surface area contributed by atoms with Crippen LogP contribution in [0.2, 0.25) is 0 Å². The highest BCUT2D eigenvalue weighted by molar-refractivity contribution is 6.12. The predicted molar refractivity (Wildman–Crippen MR) is 146 cm³/mol. The Bertz CT molecular complexity index is 1490. The van der Waals surface area contributed by atoms with Gasteiger partial charge in [-0.1, -0.05) is 24.3 Å². The van der Waals surface area contributed by atoms with Crippen LogP contribution < -0.4 is 10.6 Å². The molecule has 4 rings (SSSR count). The third-order valence-electron chi connectivity index (χ3n) is 6.21. The van der Waals surface area contributed by atoms with Gasteiger partial charge in [-0.2, -0.15) is 0 Å². The number of aromatic amines is 1. The van der Waals surface area contributed by atoms with Crippen molar-refractivity contribution in [3.05, 3.63) is 94.9 Å². The number of hydrogen-bond donors (Lipinski definition) is 3. The Hall–Kier alpha value is -4.79. The van der Waals surface area contributed by atoms with E-state index in [-0.39, 0.29) is 31.2 Å². The fraction of sp³-hybridized carbons (Fsp3) is 0.207. The van der Waals surface area contributed by atoms with Crippen molar-refractivity contribution < 1.29 is 19.1 Å². The van der Waals surface area contributed by atoms with Gasteiger partial charge in [0.05, 0.1) is 12.2 Å². The summed E-state index contributed by atoms with van der Waals surface area (Å²) in [7, 11) is 0. The highest BCUT2D eigenvalue weighted by Gasteiger charge is 2.24. The minimum atomic E-state index is -0.540. The van der Waals surface area contributed by atoms with Crippen molar-refractivity contribution in [3.8, 4) is 0 Å². The average Bonchev–Trinajstić information content (AvgIpc) is 3.25. The zero-order valence-corrected chi connectivity index (χ0v) is 21.3. The first-order valence-corrected chi connectivity index (χ1v) is 12.2. The number of amides is 1. The molecule has 0 saturated carbocycles. The molecule has 0 unspecified atom stereocenters. The third kappa shape index (κ3) is 5.78. The highest BCUT2D eigenvalue weighted by atomic mass is 16.5. The summed E-state index contributed by atoms with van der Waals surface area (Å²) in [4.78, 5) is 47.7. The van der Waals surface area contributed by atoms with Gasteiger partial charge in [-0.05, 0) is 56.2 Å². The van der Waals surface area contributed by atoms with Gasteiger partial charge in [-0.25, -0.2) is 0 Å². The van der Waals surface area contributed by atoms with E-state index in [9.17, 15) is 14.4 Å². The minimum absolute atomic E-state index is 0.00291. The molecule has 2 heterocycles. The van der Waals surface area contributed by atoms with E-state index in [2.05, 4.69) is 9.97 Å². The van der Waals surface area contributed by atoms with E-state index >= 15 is 0 Å². The second-order valence-electron chi connectivity index (χ2n) is 8.83. The molecule has 4 aromatic rings. The lowest BCUT2D eigenvalue weighted by atomic mass is 9.99. The van der Waals surface area contributed by atoms with Crippen molar-refractivity contribution in [2.75, 3.05) is 18.1 Å². The molecule has 38 heavy (non-hydrogen) atoms. The molecule has 194 valence electrons. The Labute approximate surface area is 220 Å². The van der Waals surface area contributed by atoms with Crippen LogP contribution in [0, 0.1) is 12.3 Å². The number of fused-ring (bicyclic) bond motifs is 1. The topological polar surface area (TPSA) is 142 Å². The van der Waals surface area contributed by atoms with Gasteiger partial charge in [0.15, 0.2) is 5.78 Å². The van der Waals surface area contributed by atoms with E-state index in [1.807, 2.05) is 19.1 Å². The molecule has 0 atom stereocenters. The Balaban J connectivity index is 1.64. The molecule has 0 saturated heterocycles. The number of nitrogen functional groups attached to an aromatic ring is 1. The zero-order chi connectivity index (χ0) is 27.2. The number of Topliss-reactive ketones (excluding diaryl/α,β-unsaturated/α-hetero) is 1. The molecule has 0 bridgehead atoms. The molecule has 0 aliphatic rings. The Morgan fingerprint density at radius 2 is 1.84 bits per heavy atom. The number of ether oxygens (including phenoxy) is 1. The molecule has 2 aromatic carbocycles. The highest BCUT2D eigenvalue weighted by Crippen LogP contribution is 2.29. The molecule has 0 fully saturated rings. The van der Waals surface area contributed by atoms with Crippen molar-refractivity contribution >= 4 is 40.1 Å². The van der Waals surface area contributed by atoms with Gasteiger partial charge < -0.3 is 15.5 Å². The van der Waals surface area contributed by atoms with Crippen LogP contribution in [0.25, 0.3) is 10.9 Å². The summed E-state index contributed by atoms with van der Waals surface area (Å²) >= 11 is 0. The molecule has 2 aromatic heterocycles. The fourth-order valence-electron chi connectivity index (χ4n) is 4.34. The van der Waals surface area contributed by atoms with Gasteiger partial charge in [-0.15, -0.1) is 0 Å². The molecule has 9 heteroatoms. The lowest BCUT2D eigenvalue weighted by Crippen LogP contribution is -2.36. The number of amidine groups is 1. The molecule has 0 aliphatic carbocycles. The number of nitrogens with two attached hydrogens (primary N) is 1. The number of carbonyl (C=O) groups is 3. The van der Waals surface area contributed by atoms with Gasteiger partial charge in [0.2, 0.25) is 0 Å². The SMILES string of the molecule is CCOC(=O)CN(C(=O)c1cccnc1)c1ccc2[nH]c(C)c(C(=O)CCc3ccc(C(=N)N)cc3)c2c1. The van der Waals surface area contributed by atoms with Crippen LogP contribution in [0.1, 0.15) is 50.9 Å². The van der Waals surface area contributed by atoms with Gasteiger partial charge in [0.25, 0.3) is 5.91 Å². The van der Waals surface area contributed by atoms with Crippen molar-refractivity contribution in [1.29, 1.82) is 5.41 Å². The summed E-state index contributed by atoms with van der Waals surface area (Å²) in [5.74, 6) is -0.990. The molecule has 9 nitrogen and oxygen atoms in total. The molecule has 0 radical (unpaired) electrons. The summed E-state index contributed by atoms with van der Waals surface area (Å²) in [5, 5.41) is 8.19. The van der Waals surface area contributed by atoms with E-state index in [1.54, 1.807) is 55.6 Å². The van der Waals surface area contributed by atoms with Crippen LogP contribution in [0.5, 0.6) is 0 Å². The standard InChI is InChI=1S/C29H29N5O4/c1-3-38-26(36)17-34(29(37)21-5-4-14-32-16-21)22-11-12-24-23(15-22)27(18(2)33-24)25(35)13-8-19-6-9-20(10-7-19)28(30)31/h4-7,9-12,14-16,33H,3,8,13,17H2,1-2H3,(H3,30,31). The summed E-state index contributed by atoms with van der Waals surface area (Å²) in [6.07, 6.45) is 3.81. The number of carbonyl (C=O) groups excluding carboxylic acids is 3. The number of anilines is 1. The largest absolute Gasteiger partial charge is 0.465 e. The number of hydrogen-bond acceptors (Lipinski definition) is 6. The maximum atomic E-state index is 13.4. The normalized spacial score (nSPS) is 10.8. The first-order valence-electron chi connectivity index (χ1n) is 12.2. The first kappa shape index (κ1) is 26.3. The number of rotatable bonds is 10. The quantitative estimate of drug-likeness (QED) is 0.126. The van der Waals surface area contributed by atoms with Crippen LogP contribution in [0.4, 0.5) is 5.69 Å². The smallest absolute Gasteiger partial charge is 0.326 e. The molecule has 1 amide bonds. The number of nitrogens with zero attached hydrogens (tertiary/aromatic N) is 2. The van der Waals surface area contributed by atoms with Crippen molar-refractivity contribution in [2.45, 2.75) is 26.7 Å². The van der Waals surface area contributed by atoms with E-state index in [4.69, 9.17) is 15.9 Å². The summed E-state index contributed by atoms with van der Waals surface area (Å²) in [6, 6.07) is 15.8. The van der Waals surface area contributed by atoms with Crippen molar-refractivity contribution in [3.63, 3.8) is 0 Å². The molecule has 0 spiro atoms. The van der Waals surface area contributed by atoms with Gasteiger partial charge >= 0.3 is 5.97 Å². The number of esters is 1. The number of aromatic nitrogens is 2. The fourth-order valence-corrected chi connectivity index (χ4v) is 4.34. The molecule has 0 aliphatic heterocycles. The second-order valence-corrected chi connectivity index (χ2v) is 8.83. The Morgan fingerprint density at radius 1 is 1.08 bits per heavy atom. The number of H-pyrrole nitrogens is 1. The lowest BCUT2D eigenvalue weighted by molar-refractivity contribution is -0.141. The maximum Gasteiger partial charge on any atom is 0.326 e. The average molecular weight is 512 g/mol. The number of benzene rings is 2. The number of pyridine rings is 1.